The van der Waals surface area contributed by atoms with E-state index in [1.165, 1.54) is 21.0 Å². The number of rotatable bonds is 4. The van der Waals surface area contributed by atoms with Gasteiger partial charge in [-0.1, -0.05) is 0 Å². The zero-order chi connectivity index (χ0) is 16.7. The average Bonchev–Trinajstić information content (AvgIpc) is 3.01. The molecule has 5 atom stereocenters. The molecule has 0 N–H and O–H groups in total. The summed E-state index contributed by atoms with van der Waals surface area (Å²) in [5.41, 5.74) is 0. The normalized spacial score (nSPS) is 30.8. The van der Waals surface area contributed by atoms with Gasteiger partial charge in [0, 0.05) is 28.1 Å². The number of methoxy groups -OCH3 is 2. The average molecular weight is 320 g/mol. The maximum atomic E-state index is 10.8. The molecule has 0 amide bonds. The molecule has 0 aliphatic carbocycles. The fraction of sp³-hybridized carbons (Fsp3) is 0.857. The molecule has 3 unspecified atom stereocenters. The first-order valence-corrected chi connectivity index (χ1v) is 7.02. The van der Waals surface area contributed by atoms with E-state index in [4.69, 9.17) is 18.9 Å². The van der Waals surface area contributed by atoms with Crippen LogP contribution in [0.4, 0.5) is 0 Å². The lowest BCUT2D eigenvalue weighted by molar-refractivity contribution is -0.167. The van der Waals surface area contributed by atoms with Gasteiger partial charge in [-0.25, -0.2) is 0 Å². The SMILES string of the molecule is COC(C)OC(C)=O.COC1CO[C@@H]2C(OC(C)=O)CO[C@H]12. The molecular formula is C14H24O8. The van der Waals surface area contributed by atoms with Gasteiger partial charge < -0.3 is 28.4 Å². The minimum Gasteiger partial charge on any atom is -0.457 e. The number of esters is 2. The van der Waals surface area contributed by atoms with Crippen LogP contribution < -0.4 is 0 Å². The molecule has 22 heavy (non-hydrogen) atoms. The van der Waals surface area contributed by atoms with Crippen LogP contribution in [0.5, 0.6) is 0 Å². The minimum absolute atomic E-state index is 0.0411. The van der Waals surface area contributed by atoms with Crippen LogP contribution in [0.1, 0.15) is 20.8 Å². The van der Waals surface area contributed by atoms with Crippen LogP contribution >= 0.6 is 0 Å². The first-order chi connectivity index (χ1) is 10.4. The number of hydrogen-bond donors (Lipinski definition) is 0. The molecule has 2 aliphatic rings. The third kappa shape index (κ3) is 5.53. The molecule has 128 valence electrons. The van der Waals surface area contributed by atoms with Crippen molar-refractivity contribution in [3.8, 4) is 0 Å². The summed E-state index contributed by atoms with van der Waals surface area (Å²) >= 11 is 0. The van der Waals surface area contributed by atoms with E-state index in [0.717, 1.165) is 0 Å². The molecule has 0 aromatic heterocycles. The third-order valence-corrected chi connectivity index (χ3v) is 3.25. The Labute approximate surface area is 129 Å². The quantitative estimate of drug-likeness (QED) is 0.539. The Morgan fingerprint density at radius 3 is 1.95 bits per heavy atom. The Balaban J connectivity index is 0.000000261. The smallest absolute Gasteiger partial charge is 0.304 e. The van der Waals surface area contributed by atoms with E-state index in [0.29, 0.717) is 13.2 Å². The monoisotopic (exact) mass is 320 g/mol. The van der Waals surface area contributed by atoms with Gasteiger partial charge in [0.25, 0.3) is 0 Å². The van der Waals surface area contributed by atoms with E-state index in [1.807, 2.05) is 0 Å². The first-order valence-electron chi connectivity index (χ1n) is 7.02. The molecule has 0 radical (unpaired) electrons. The van der Waals surface area contributed by atoms with Crippen LogP contribution in [0.25, 0.3) is 0 Å². The van der Waals surface area contributed by atoms with Gasteiger partial charge in [-0.15, -0.1) is 0 Å². The maximum absolute atomic E-state index is 10.8. The Morgan fingerprint density at radius 2 is 1.55 bits per heavy atom. The molecule has 8 heteroatoms. The second-order valence-electron chi connectivity index (χ2n) is 4.93. The van der Waals surface area contributed by atoms with Gasteiger partial charge in [-0.05, 0) is 6.92 Å². The van der Waals surface area contributed by atoms with E-state index < -0.39 is 6.29 Å². The highest BCUT2D eigenvalue weighted by atomic mass is 16.7. The largest absolute Gasteiger partial charge is 0.457 e. The number of ether oxygens (including phenoxy) is 6. The molecule has 8 nitrogen and oxygen atoms in total. The standard InChI is InChI=1S/C9H14O5.C5H10O3/c1-5(10)14-7-4-13-8-6(11-2)3-12-9(7)8;1-4(6)8-5(2)7-3/h6-9H,3-4H2,1-2H3;5H,1-3H3/t6?,7?,8-,9-;/m1./s1. The van der Waals surface area contributed by atoms with Gasteiger partial charge >= 0.3 is 11.9 Å². The third-order valence-electron chi connectivity index (χ3n) is 3.25. The van der Waals surface area contributed by atoms with Crippen molar-refractivity contribution in [3.05, 3.63) is 0 Å². The summed E-state index contributed by atoms with van der Waals surface area (Å²) in [5, 5.41) is 0. The van der Waals surface area contributed by atoms with Crippen molar-refractivity contribution in [1.82, 2.24) is 0 Å². The highest BCUT2D eigenvalue weighted by molar-refractivity contribution is 5.66. The zero-order valence-corrected chi connectivity index (χ0v) is 13.6. The molecule has 0 spiro atoms. The van der Waals surface area contributed by atoms with E-state index in [9.17, 15) is 9.59 Å². The van der Waals surface area contributed by atoms with Crippen LogP contribution in [0.2, 0.25) is 0 Å². The lowest BCUT2D eigenvalue weighted by Crippen LogP contribution is -2.34. The zero-order valence-electron chi connectivity index (χ0n) is 13.6. The molecule has 2 rings (SSSR count). The minimum atomic E-state index is -0.424. The van der Waals surface area contributed by atoms with Crippen LogP contribution in [0.15, 0.2) is 0 Å². The molecular weight excluding hydrogens is 296 g/mol. The predicted molar refractivity (Wildman–Crippen MR) is 74.1 cm³/mol. The summed E-state index contributed by atoms with van der Waals surface area (Å²) in [6, 6.07) is 0. The number of fused-ring (bicyclic) bond motifs is 1. The van der Waals surface area contributed by atoms with Crippen LogP contribution in [0.3, 0.4) is 0 Å². The molecule has 2 aliphatic heterocycles. The molecule has 0 aromatic carbocycles. The van der Waals surface area contributed by atoms with Gasteiger partial charge in [0.2, 0.25) is 0 Å². The number of carbonyl (C=O) groups is 2. The van der Waals surface area contributed by atoms with Crippen LogP contribution in [0, 0.1) is 0 Å². The molecule has 2 fully saturated rings. The van der Waals surface area contributed by atoms with Gasteiger partial charge in [-0.2, -0.15) is 0 Å². The Kier molecular flexibility index (Phi) is 7.74. The second-order valence-corrected chi connectivity index (χ2v) is 4.93. The van der Waals surface area contributed by atoms with Crippen molar-refractivity contribution in [1.29, 1.82) is 0 Å². The van der Waals surface area contributed by atoms with Crippen molar-refractivity contribution >= 4 is 11.9 Å². The molecule has 0 saturated carbocycles. The lowest BCUT2D eigenvalue weighted by atomic mass is 10.1. The molecule has 0 aromatic rings. The summed E-state index contributed by atoms with van der Waals surface area (Å²) in [6.07, 6.45) is -1.00. The topological polar surface area (TPSA) is 89.5 Å². The lowest BCUT2D eigenvalue weighted by Gasteiger charge is -2.15. The van der Waals surface area contributed by atoms with E-state index in [-0.39, 0.29) is 36.4 Å². The molecule has 0 bridgehead atoms. The fourth-order valence-electron chi connectivity index (χ4n) is 2.23. The van der Waals surface area contributed by atoms with Crippen molar-refractivity contribution < 1.29 is 38.0 Å². The fourth-order valence-corrected chi connectivity index (χ4v) is 2.23. The maximum Gasteiger partial charge on any atom is 0.304 e. The Bertz CT molecular complexity index is 372. The summed E-state index contributed by atoms with van der Waals surface area (Å²) < 4.78 is 30.4. The van der Waals surface area contributed by atoms with Gasteiger partial charge in [-0.3, -0.25) is 9.59 Å². The number of hydrogen-bond acceptors (Lipinski definition) is 8. The van der Waals surface area contributed by atoms with E-state index in [1.54, 1.807) is 14.0 Å². The Hall–Kier alpha value is -1.22. The second kappa shape index (κ2) is 9.04. The van der Waals surface area contributed by atoms with Crippen LogP contribution in [-0.4, -0.2) is 70.1 Å². The summed E-state index contributed by atoms with van der Waals surface area (Å²) in [7, 11) is 3.10. The predicted octanol–water partition coefficient (Wildman–Crippen LogP) is 0.273. The summed E-state index contributed by atoms with van der Waals surface area (Å²) in [4.78, 5) is 20.9. The van der Waals surface area contributed by atoms with Crippen LogP contribution in [-0.2, 0) is 38.0 Å². The van der Waals surface area contributed by atoms with E-state index >= 15 is 0 Å². The van der Waals surface area contributed by atoms with Gasteiger partial charge in [0.1, 0.15) is 18.3 Å². The van der Waals surface area contributed by atoms with E-state index in [2.05, 4.69) is 9.47 Å². The van der Waals surface area contributed by atoms with Crippen molar-refractivity contribution in [2.75, 3.05) is 27.4 Å². The first kappa shape index (κ1) is 18.8. The highest BCUT2D eigenvalue weighted by Gasteiger charge is 2.49. The Morgan fingerprint density at radius 1 is 1.00 bits per heavy atom. The van der Waals surface area contributed by atoms with Crippen molar-refractivity contribution in [2.24, 2.45) is 0 Å². The highest BCUT2D eigenvalue weighted by Crippen LogP contribution is 2.30. The molecule has 2 heterocycles. The van der Waals surface area contributed by atoms with Gasteiger partial charge in [0.05, 0.1) is 13.2 Å². The number of carbonyl (C=O) groups excluding carboxylic acids is 2. The summed E-state index contributed by atoms with van der Waals surface area (Å²) in [5.74, 6) is -0.622. The van der Waals surface area contributed by atoms with Gasteiger partial charge in [0.15, 0.2) is 12.4 Å². The summed E-state index contributed by atoms with van der Waals surface area (Å²) in [6.45, 7) is 5.28. The van der Waals surface area contributed by atoms with Crippen molar-refractivity contribution in [2.45, 2.75) is 51.5 Å². The van der Waals surface area contributed by atoms with Crippen molar-refractivity contribution in [3.63, 3.8) is 0 Å². The molecule has 2 saturated heterocycles.